The van der Waals surface area contributed by atoms with E-state index in [-0.39, 0.29) is 0 Å². The van der Waals surface area contributed by atoms with Crippen molar-refractivity contribution in [3.8, 4) is 11.1 Å². The zero-order valence-electron chi connectivity index (χ0n) is 17.1. The van der Waals surface area contributed by atoms with Crippen molar-refractivity contribution in [1.82, 2.24) is 15.2 Å². The van der Waals surface area contributed by atoms with Gasteiger partial charge in [-0.2, -0.15) is 0 Å². The average molecular weight is 376 g/mol. The lowest BCUT2D eigenvalue weighted by atomic mass is 9.94. The van der Waals surface area contributed by atoms with Crippen LogP contribution in [0.4, 0.5) is 0 Å². The van der Waals surface area contributed by atoms with E-state index >= 15 is 0 Å². The molecule has 2 aromatic rings. The highest BCUT2D eigenvalue weighted by atomic mass is 16.1. The Morgan fingerprint density at radius 2 is 2.07 bits per heavy atom. The maximum atomic E-state index is 10.8. The summed E-state index contributed by atoms with van der Waals surface area (Å²) in [5.74, 6) is 0.388. The van der Waals surface area contributed by atoms with Crippen LogP contribution >= 0.6 is 0 Å². The van der Waals surface area contributed by atoms with Crippen LogP contribution in [0.25, 0.3) is 16.8 Å². The lowest BCUT2D eigenvalue weighted by molar-refractivity contribution is -0.104. The first kappa shape index (κ1) is 21.2. The van der Waals surface area contributed by atoms with Crippen molar-refractivity contribution in [3.63, 3.8) is 0 Å². The highest BCUT2D eigenvalue weighted by Crippen LogP contribution is 2.28. The second kappa shape index (κ2) is 10.3. The third kappa shape index (κ3) is 5.95. The predicted octanol–water partition coefficient (Wildman–Crippen LogP) is 4.98. The van der Waals surface area contributed by atoms with Crippen molar-refractivity contribution in [3.05, 3.63) is 84.5 Å². The summed E-state index contributed by atoms with van der Waals surface area (Å²) in [5.41, 5.74) is 6.00. The summed E-state index contributed by atoms with van der Waals surface area (Å²) in [7, 11) is 1.99. The van der Waals surface area contributed by atoms with Crippen LogP contribution in [0.2, 0.25) is 0 Å². The molecule has 0 radical (unpaired) electrons. The Hall–Kier alpha value is -3.14. The molecule has 1 aromatic carbocycles. The standard InChI is InChI=1S/C24H29N3O/c1-6-27(5)17-24(10-8-12-28)26-19(4)22-13-21(18(2)3)14-23(15-22)20-9-7-11-25-16-20/h7-18,26H,4,6H2,1-3,5H3/b10-8-,24-17?. The van der Waals surface area contributed by atoms with Gasteiger partial charge in [-0.3, -0.25) is 9.78 Å². The lowest BCUT2D eigenvalue weighted by Gasteiger charge is -2.18. The molecule has 4 heteroatoms. The van der Waals surface area contributed by atoms with Gasteiger partial charge in [0.1, 0.15) is 6.29 Å². The quantitative estimate of drug-likeness (QED) is 0.381. The Morgan fingerprint density at radius 1 is 1.29 bits per heavy atom. The smallest absolute Gasteiger partial charge is 0.142 e. The molecule has 1 N–H and O–H groups in total. The molecule has 2 rings (SSSR count). The minimum Gasteiger partial charge on any atom is -0.379 e. The van der Waals surface area contributed by atoms with Crippen LogP contribution in [-0.2, 0) is 4.79 Å². The molecule has 0 bridgehead atoms. The van der Waals surface area contributed by atoms with Crippen LogP contribution in [0, 0.1) is 0 Å². The van der Waals surface area contributed by atoms with Gasteiger partial charge in [-0.15, -0.1) is 0 Å². The van der Waals surface area contributed by atoms with Gasteiger partial charge in [0.2, 0.25) is 0 Å². The van der Waals surface area contributed by atoms with Crippen molar-refractivity contribution in [2.45, 2.75) is 26.7 Å². The number of nitrogens with one attached hydrogen (secondary N) is 1. The second-order valence-corrected chi connectivity index (χ2v) is 7.00. The molecule has 4 nitrogen and oxygen atoms in total. The Labute approximate surface area is 168 Å². The van der Waals surface area contributed by atoms with Crippen molar-refractivity contribution in [2.75, 3.05) is 13.6 Å². The topological polar surface area (TPSA) is 45.2 Å². The third-order valence-electron chi connectivity index (χ3n) is 4.47. The lowest BCUT2D eigenvalue weighted by Crippen LogP contribution is -2.16. The van der Waals surface area contributed by atoms with Crippen LogP contribution < -0.4 is 5.32 Å². The molecule has 0 aliphatic rings. The van der Waals surface area contributed by atoms with E-state index in [0.29, 0.717) is 5.92 Å². The summed E-state index contributed by atoms with van der Waals surface area (Å²) in [6.45, 7) is 11.5. The minimum atomic E-state index is 0.388. The van der Waals surface area contributed by atoms with Gasteiger partial charge in [-0.05, 0) is 59.9 Å². The Morgan fingerprint density at radius 3 is 2.68 bits per heavy atom. The van der Waals surface area contributed by atoms with E-state index < -0.39 is 0 Å². The van der Waals surface area contributed by atoms with Crippen molar-refractivity contribution < 1.29 is 4.79 Å². The average Bonchev–Trinajstić information content (AvgIpc) is 2.72. The van der Waals surface area contributed by atoms with Crippen LogP contribution in [0.15, 0.2) is 73.4 Å². The van der Waals surface area contributed by atoms with Gasteiger partial charge in [0.25, 0.3) is 0 Å². The highest BCUT2D eigenvalue weighted by Gasteiger charge is 2.09. The second-order valence-electron chi connectivity index (χ2n) is 7.00. The molecule has 0 unspecified atom stereocenters. The number of carbonyl (C=O) groups is 1. The number of hydrogen-bond donors (Lipinski definition) is 1. The molecule has 0 spiro atoms. The van der Waals surface area contributed by atoms with E-state index in [4.69, 9.17) is 0 Å². The summed E-state index contributed by atoms with van der Waals surface area (Å²) in [6.07, 6.45) is 9.59. The van der Waals surface area contributed by atoms with Gasteiger partial charge < -0.3 is 10.2 Å². The fourth-order valence-corrected chi connectivity index (χ4v) is 2.69. The van der Waals surface area contributed by atoms with E-state index in [1.165, 1.54) is 11.6 Å². The monoisotopic (exact) mass is 375 g/mol. The van der Waals surface area contributed by atoms with Gasteiger partial charge in [0.05, 0.1) is 5.70 Å². The van der Waals surface area contributed by atoms with E-state index in [2.05, 4.69) is 61.9 Å². The normalized spacial score (nSPS) is 11.7. The summed E-state index contributed by atoms with van der Waals surface area (Å²) in [6, 6.07) is 10.5. The van der Waals surface area contributed by atoms with Gasteiger partial charge in [-0.1, -0.05) is 32.6 Å². The van der Waals surface area contributed by atoms with Gasteiger partial charge >= 0.3 is 0 Å². The fourth-order valence-electron chi connectivity index (χ4n) is 2.69. The van der Waals surface area contributed by atoms with E-state index in [0.717, 1.165) is 40.9 Å². The number of rotatable bonds is 9. The zero-order valence-corrected chi connectivity index (χ0v) is 17.1. The van der Waals surface area contributed by atoms with Crippen molar-refractivity contribution in [1.29, 1.82) is 0 Å². The molecule has 1 aromatic heterocycles. The molecular formula is C24H29N3O. The number of nitrogens with zero attached hydrogens (tertiary/aromatic N) is 2. The summed E-state index contributed by atoms with van der Waals surface area (Å²) < 4.78 is 0. The molecule has 0 saturated carbocycles. The molecule has 146 valence electrons. The van der Waals surface area contributed by atoms with Crippen LogP contribution in [0.5, 0.6) is 0 Å². The van der Waals surface area contributed by atoms with Gasteiger partial charge in [0, 0.05) is 43.4 Å². The summed E-state index contributed by atoms with van der Waals surface area (Å²) >= 11 is 0. The largest absolute Gasteiger partial charge is 0.379 e. The fraction of sp³-hybridized carbons (Fsp3) is 0.250. The number of pyridine rings is 1. The molecule has 1 heterocycles. The number of allylic oxidation sites excluding steroid dienone is 2. The molecule has 0 aliphatic carbocycles. The van der Waals surface area contributed by atoms with E-state index in [1.807, 2.05) is 30.4 Å². The first-order valence-electron chi connectivity index (χ1n) is 9.50. The third-order valence-corrected chi connectivity index (χ3v) is 4.47. The number of aldehydes is 1. The number of carbonyl (C=O) groups excluding carboxylic acids is 1. The first-order valence-corrected chi connectivity index (χ1v) is 9.50. The van der Waals surface area contributed by atoms with Gasteiger partial charge in [0.15, 0.2) is 0 Å². The summed E-state index contributed by atoms with van der Waals surface area (Å²) in [5, 5.41) is 3.34. The van der Waals surface area contributed by atoms with E-state index in [9.17, 15) is 4.79 Å². The van der Waals surface area contributed by atoms with Crippen LogP contribution in [0.1, 0.15) is 37.8 Å². The van der Waals surface area contributed by atoms with Crippen molar-refractivity contribution >= 4 is 12.0 Å². The SMILES string of the molecule is C=C(NC(=CN(C)CC)/C=C\C=O)c1cc(-c2cccnc2)cc(C(C)C)c1. The predicted molar refractivity (Wildman–Crippen MR) is 118 cm³/mol. The zero-order chi connectivity index (χ0) is 20.5. The molecule has 0 aliphatic heterocycles. The molecular weight excluding hydrogens is 346 g/mol. The van der Waals surface area contributed by atoms with E-state index in [1.54, 1.807) is 12.3 Å². The number of aromatic nitrogens is 1. The Bertz CT molecular complexity index is 867. The molecule has 0 saturated heterocycles. The highest BCUT2D eigenvalue weighted by molar-refractivity contribution is 5.73. The Kier molecular flexibility index (Phi) is 7.76. The van der Waals surface area contributed by atoms with Gasteiger partial charge in [-0.25, -0.2) is 0 Å². The van der Waals surface area contributed by atoms with Crippen LogP contribution in [-0.4, -0.2) is 29.8 Å². The first-order chi connectivity index (χ1) is 13.4. The van der Waals surface area contributed by atoms with Crippen molar-refractivity contribution in [2.24, 2.45) is 0 Å². The maximum absolute atomic E-state index is 10.8. The Balaban J connectivity index is 2.40. The number of hydrogen-bond acceptors (Lipinski definition) is 4. The maximum Gasteiger partial charge on any atom is 0.142 e. The number of benzene rings is 1. The minimum absolute atomic E-state index is 0.388. The molecule has 28 heavy (non-hydrogen) atoms. The van der Waals surface area contributed by atoms with Crippen LogP contribution in [0.3, 0.4) is 0 Å². The molecule has 0 fully saturated rings. The molecule has 0 atom stereocenters. The summed E-state index contributed by atoms with van der Waals surface area (Å²) in [4.78, 5) is 17.0. The molecule has 0 amide bonds.